The number of ether oxygens (including phenoxy) is 2. The van der Waals surface area contributed by atoms with Crippen molar-refractivity contribution in [3.8, 4) is 17.1 Å². The van der Waals surface area contributed by atoms with E-state index < -0.39 is 11.6 Å². The average molecular weight is 429 g/mol. The number of hydrogen-bond donors (Lipinski definition) is 0. The zero-order chi connectivity index (χ0) is 22.2. The van der Waals surface area contributed by atoms with Crippen LogP contribution in [0.5, 0.6) is 5.75 Å². The van der Waals surface area contributed by atoms with Crippen molar-refractivity contribution in [2.24, 2.45) is 0 Å². The highest BCUT2D eigenvalue weighted by Gasteiger charge is 2.33. The number of halogens is 1. The minimum atomic E-state index is -1.15. The third-order valence-electron chi connectivity index (χ3n) is 4.63. The van der Waals surface area contributed by atoms with Crippen molar-refractivity contribution in [2.45, 2.75) is 53.2 Å². The van der Waals surface area contributed by atoms with Crippen LogP contribution in [0.15, 0.2) is 45.6 Å². The molecule has 2 aromatic carbocycles. The van der Waals surface area contributed by atoms with Gasteiger partial charge in [0.25, 0.3) is 0 Å². The molecule has 3 rings (SSSR count). The molecule has 0 fully saturated rings. The smallest absolute Gasteiger partial charge is 0.350 e. The summed E-state index contributed by atoms with van der Waals surface area (Å²) in [7, 11) is 0. The zero-order valence-corrected chi connectivity index (χ0v) is 18.7. The van der Waals surface area contributed by atoms with Crippen LogP contribution in [0.3, 0.4) is 0 Å². The molecule has 1 heterocycles. The van der Waals surface area contributed by atoms with Gasteiger partial charge >= 0.3 is 5.97 Å². The van der Waals surface area contributed by atoms with Gasteiger partial charge in [-0.05, 0) is 76.9 Å². The highest BCUT2D eigenvalue weighted by molar-refractivity contribution is 6.31. The maximum Gasteiger partial charge on any atom is 0.350 e. The molecule has 0 aliphatic carbocycles. The first-order valence-corrected chi connectivity index (χ1v) is 10.1. The zero-order valence-electron chi connectivity index (χ0n) is 18.0. The summed E-state index contributed by atoms with van der Waals surface area (Å²) in [5.74, 6) is 0.597. The molecule has 5 nitrogen and oxygen atoms in total. The van der Waals surface area contributed by atoms with Gasteiger partial charge in [-0.1, -0.05) is 11.6 Å². The average Bonchev–Trinajstić information content (AvgIpc) is 2.63. The van der Waals surface area contributed by atoms with E-state index in [1.807, 2.05) is 26.0 Å². The van der Waals surface area contributed by atoms with Gasteiger partial charge in [-0.3, -0.25) is 4.79 Å². The number of esters is 1. The molecule has 6 heteroatoms. The van der Waals surface area contributed by atoms with Gasteiger partial charge < -0.3 is 13.9 Å². The van der Waals surface area contributed by atoms with Gasteiger partial charge in [-0.2, -0.15) is 0 Å². The van der Waals surface area contributed by atoms with Crippen molar-refractivity contribution >= 4 is 28.5 Å². The van der Waals surface area contributed by atoms with Crippen molar-refractivity contribution in [1.82, 2.24) is 0 Å². The first-order chi connectivity index (χ1) is 14.0. The fourth-order valence-corrected chi connectivity index (χ4v) is 3.34. The van der Waals surface area contributed by atoms with Crippen molar-refractivity contribution in [3.63, 3.8) is 0 Å². The SMILES string of the molecule is Cc1cc(-c2cc(=O)c3ccc(Cl)cc3o2)cc(C)c1OC(C)(C)C(=O)OC(C)C. The van der Waals surface area contributed by atoms with E-state index >= 15 is 0 Å². The van der Waals surface area contributed by atoms with E-state index in [0.29, 0.717) is 27.5 Å². The Kier molecular flexibility index (Phi) is 5.95. The van der Waals surface area contributed by atoms with Crippen LogP contribution in [0.25, 0.3) is 22.3 Å². The molecule has 0 spiro atoms. The van der Waals surface area contributed by atoms with Crippen LogP contribution in [0.1, 0.15) is 38.8 Å². The predicted molar refractivity (Wildman–Crippen MR) is 118 cm³/mol. The molecule has 0 atom stereocenters. The number of rotatable bonds is 5. The molecule has 158 valence electrons. The molecule has 0 aliphatic rings. The molecule has 1 aromatic heterocycles. The molecule has 0 saturated heterocycles. The summed E-state index contributed by atoms with van der Waals surface area (Å²) in [6.45, 7) is 10.7. The van der Waals surface area contributed by atoms with Crippen molar-refractivity contribution in [2.75, 3.05) is 0 Å². The molecule has 30 heavy (non-hydrogen) atoms. The lowest BCUT2D eigenvalue weighted by Gasteiger charge is -2.27. The van der Waals surface area contributed by atoms with Crippen molar-refractivity contribution in [3.05, 3.63) is 62.8 Å². The second-order valence-electron chi connectivity index (χ2n) is 8.12. The molecule has 0 N–H and O–H groups in total. The van der Waals surface area contributed by atoms with Gasteiger partial charge in [0.1, 0.15) is 17.1 Å². The topological polar surface area (TPSA) is 65.7 Å². The standard InChI is InChI=1S/C24H25ClO5/c1-13(2)28-23(27)24(5,6)30-22-14(3)9-16(10-15(22)4)20-12-19(26)18-8-7-17(25)11-21(18)29-20/h7-13H,1-6H3. The molecule has 3 aromatic rings. The Morgan fingerprint density at radius 1 is 1.07 bits per heavy atom. The lowest BCUT2D eigenvalue weighted by atomic mass is 10.0. The van der Waals surface area contributed by atoms with Gasteiger partial charge in [-0.25, -0.2) is 4.79 Å². The Hall–Kier alpha value is -2.79. The summed E-state index contributed by atoms with van der Waals surface area (Å²) in [6, 6.07) is 10.1. The van der Waals surface area contributed by atoms with Gasteiger partial charge in [0.15, 0.2) is 11.0 Å². The van der Waals surface area contributed by atoms with Crippen LogP contribution in [0, 0.1) is 13.8 Å². The fourth-order valence-electron chi connectivity index (χ4n) is 3.18. The minimum Gasteiger partial charge on any atom is -0.476 e. The first kappa shape index (κ1) is 21.9. The summed E-state index contributed by atoms with van der Waals surface area (Å²) < 4.78 is 17.3. The van der Waals surface area contributed by atoms with Crippen LogP contribution in [-0.2, 0) is 9.53 Å². The van der Waals surface area contributed by atoms with Crippen molar-refractivity contribution in [1.29, 1.82) is 0 Å². The summed E-state index contributed by atoms with van der Waals surface area (Å²) in [5.41, 5.74) is 1.50. The Morgan fingerprint density at radius 2 is 1.70 bits per heavy atom. The second kappa shape index (κ2) is 8.15. The Bertz CT molecular complexity index is 1150. The molecular formula is C24H25ClO5. The molecule has 0 aliphatic heterocycles. The van der Waals surface area contributed by atoms with Crippen LogP contribution in [-0.4, -0.2) is 17.7 Å². The number of benzene rings is 2. The fraction of sp³-hybridized carbons (Fsp3) is 0.333. The second-order valence-corrected chi connectivity index (χ2v) is 8.56. The summed E-state index contributed by atoms with van der Waals surface area (Å²) >= 11 is 6.04. The number of fused-ring (bicyclic) bond motifs is 1. The summed E-state index contributed by atoms with van der Waals surface area (Å²) in [5, 5.41) is 0.969. The Labute approximate surface area is 180 Å². The number of carbonyl (C=O) groups is 1. The highest BCUT2D eigenvalue weighted by Crippen LogP contribution is 2.33. The third kappa shape index (κ3) is 4.51. The van der Waals surface area contributed by atoms with E-state index in [4.69, 9.17) is 25.5 Å². The lowest BCUT2D eigenvalue weighted by Crippen LogP contribution is -2.41. The van der Waals surface area contributed by atoms with E-state index in [9.17, 15) is 9.59 Å². The van der Waals surface area contributed by atoms with E-state index in [2.05, 4.69) is 0 Å². The van der Waals surface area contributed by atoms with Crippen LogP contribution in [0.4, 0.5) is 0 Å². The normalized spacial score (nSPS) is 11.7. The molecular weight excluding hydrogens is 404 g/mol. The molecule has 0 amide bonds. The van der Waals surface area contributed by atoms with E-state index in [1.54, 1.807) is 45.9 Å². The molecule has 0 saturated carbocycles. The van der Waals surface area contributed by atoms with E-state index in [1.165, 1.54) is 6.07 Å². The maximum atomic E-state index is 12.5. The lowest BCUT2D eigenvalue weighted by molar-refractivity contribution is -0.163. The van der Waals surface area contributed by atoms with Gasteiger partial charge in [0.2, 0.25) is 0 Å². The Balaban J connectivity index is 2.00. The van der Waals surface area contributed by atoms with Crippen LogP contribution < -0.4 is 10.2 Å². The summed E-state index contributed by atoms with van der Waals surface area (Å²) in [6.07, 6.45) is -0.228. The molecule has 0 radical (unpaired) electrons. The largest absolute Gasteiger partial charge is 0.476 e. The molecule has 0 unspecified atom stereocenters. The van der Waals surface area contributed by atoms with Crippen LogP contribution in [0.2, 0.25) is 5.02 Å². The number of aryl methyl sites for hydroxylation is 2. The third-order valence-corrected chi connectivity index (χ3v) is 4.86. The minimum absolute atomic E-state index is 0.142. The predicted octanol–water partition coefficient (Wildman–Crippen LogP) is 5.84. The highest BCUT2D eigenvalue weighted by atomic mass is 35.5. The molecule has 0 bridgehead atoms. The Morgan fingerprint density at radius 3 is 2.30 bits per heavy atom. The number of hydrogen-bond acceptors (Lipinski definition) is 5. The summed E-state index contributed by atoms with van der Waals surface area (Å²) in [4.78, 5) is 24.9. The van der Waals surface area contributed by atoms with Gasteiger partial charge in [0.05, 0.1) is 11.5 Å². The first-order valence-electron chi connectivity index (χ1n) is 9.73. The quantitative estimate of drug-likeness (QED) is 0.477. The van der Waals surface area contributed by atoms with Crippen LogP contribution >= 0.6 is 11.6 Å². The van der Waals surface area contributed by atoms with E-state index in [0.717, 1.165) is 16.7 Å². The van der Waals surface area contributed by atoms with Gasteiger partial charge in [0, 0.05) is 22.7 Å². The van der Waals surface area contributed by atoms with E-state index in [-0.39, 0.29) is 11.5 Å². The van der Waals surface area contributed by atoms with Crippen molar-refractivity contribution < 1.29 is 18.7 Å². The monoisotopic (exact) mass is 428 g/mol. The number of carbonyl (C=O) groups excluding carboxylic acids is 1. The van der Waals surface area contributed by atoms with Gasteiger partial charge in [-0.15, -0.1) is 0 Å². The maximum absolute atomic E-state index is 12.5.